The molecular weight excluding hydrogens is 232 g/mol. The monoisotopic (exact) mass is 242 g/mol. The van der Waals surface area contributed by atoms with Gasteiger partial charge < -0.3 is 5.32 Å². The molecule has 0 aliphatic carbocycles. The number of nitrogens with one attached hydrogen (secondary N) is 1. The molecule has 0 radical (unpaired) electrons. The van der Waals surface area contributed by atoms with E-state index in [0.717, 1.165) is 12.8 Å². The number of alkyl halides is 1. The first-order chi connectivity index (χ1) is 7.27. The molecule has 1 aromatic rings. The summed E-state index contributed by atoms with van der Waals surface area (Å²) in [5, 5.41) is 13.9. The van der Waals surface area contributed by atoms with Crippen molar-refractivity contribution < 1.29 is 4.79 Å². The summed E-state index contributed by atoms with van der Waals surface area (Å²) in [5.74, 6) is 0.523. The summed E-state index contributed by atoms with van der Waals surface area (Å²) in [6.45, 7) is 0. The average molecular weight is 243 g/mol. The number of rotatable bonds is 5. The van der Waals surface area contributed by atoms with Gasteiger partial charge in [0.1, 0.15) is 11.1 Å². The lowest BCUT2D eigenvalue weighted by Crippen LogP contribution is -2.10. The van der Waals surface area contributed by atoms with Gasteiger partial charge in [-0.15, -0.1) is 22.9 Å². The van der Waals surface area contributed by atoms with Gasteiger partial charge in [-0.1, -0.05) is 0 Å². The Labute approximate surface area is 97.7 Å². The van der Waals surface area contributed by atoms with E-state index < -0.39 is 0 Å². The maximum absolute atomic E-state index is 11.4. The SMILES string of the molecule is N#Cc1ccsc1NC(=O)CCCCCl. The molecule has 80 valence electrons. The molecule has 1 aromatic heterocycles. The summed E-state index contributed by atoms with van der Waals surface area (Å²) in [4.78, 5) is 11.4. The minimum absolute atomic E-state index is 0.0564. The average Bonchev–Trinajstić information content (AvgIpc) is 2.65. The molecule has 1 rings (SSSR count). The Hall–Kier alpha value is -1.05. The molecule has 0 saturated heterocycles. The predicted octanol–water partition coefficient (Wildman–Crippen LogP) is 2.97. The minimum Gasteiger partial charge on any atom is -0.317 e. The van der Waals surface area contributed by atoms with Crippen molar-refractivity contribution in [2.45, 2.75) is 19.3 Å². The third-order valence-electron chi connectivity index (χ3n) is 1.83. The highest BCUT2D eigenvalue weighted by molar-refractivity contribution is 7.14. The molecule has 1 N–H and O–H groups in total. The number of unbranched alkanes of at least 4 members (excludes halogenated alkanes) is 1. The largest absolute Gasteiger partial charge is 0.317 e. The quantitative estimate of drug-likeness (QED) is 0.638. The summed E-state index contributed by atoms with van der Waals surface area (Å²) in [7, 11) is 0. The first-order valence-electron chi connectivity index (χ1n) is 4.61. The molecule has 0 aliphatic heterocycles. The Morgan fingerprint density at radius 1 is 1.60 bits per heavy atom. The van der Waals surface area contributed by atoms with Crippen LogP contribution < -0.4 is 5.32 Å². The molecule has 3 nitrogen and oxygen atoms in total. The summed E-state index contributed by atoms with van der Waals surface area (Å²) in [5.41, 5.74) is 0.519. The van der Waals surface area contributed by atoms with Crippen LogP contribution >= 0.6 is 22.9 Å². The van der Waals surface area contributed by atoms with Gasteiger partial charge in [-0.05, 0) is 24.3 Å². The predicted molar refractivity (Wildman–Crippen MR) is 62.2 cm³/mol. The van der Waals surface area contributed by atoms with Crippen LogP contribution in [0.1, 0.15) is 24.8 Å². The second-order valence-corrected chi connectivity index (χ2v) is 4.26. The van der Waals surface area contributed by atoms with Crippen LogP contribution in [0.4, 0.5) is 5.00 Å². The lowest BCUT2D eigenvalue weighted by Gasteiger charge is -2.01. The van der Waals surface area contributed by atoms with E-state index in [1.165, 1.54) is 11.3 Å². The highest BCUT2D eigenvalue weighted by Gasteiger charge is 2.07. The van der Waals surface area contributed by atoms with E-state index in [2.05, 4.69) is 5.32 Å². The fourth-order valence-corrected chi connectivity index (χ4v) is 2.01. The number of halogens is 1. The lowest BCUT2D eigenvalue weighted by atomic mass is 10.2. The van der Waals surface area contributed by atoms with Crippen LogP contribution in [0.3, 0.4) is 0 Å². The van der Waals surface area contributed by atoms with Crippen LogP contribution in [-0.2, 0) is 4.79 Å². The van der Waals surface area contributed by atoms with E-state index in [1.54, 1.807) is 11.4 Å². The number of carbonyl (C=O) groups is 1. The molecule has 0 bridgehead atoms. The van der Waals surface area contributed by atoms with E-state index in [4.69, 9.17) is 16.9 Å². The van der Waals surface area contributed by atoms with Crippen molar-refractivity contribution in [1.82, 2.24) is 0 Å². The molecule has 15 heavy (non-hydrogen) atoms. The fraction of sp³-hybridized carbons (Fsp3) is 0.400. The van der Waals surface area contributed by atoms with Crippen molar-refractivity contribution in [1.29, 1.82) is 5.26 Å². The van der Waals surface area contributed by atoms with E-state index >= 15 is 0 Å². The van der Waals surface area contributed by atoms with Crippen LogP contribution in [0, 0.1) is 11.3 Å². The van der Waals surface area contributed by atoms with E-state index in [1.807, 2.05) is 6.07 Å². The standard InChI is InChI=1S/C10H11ClN2OS/c11-5-2-1-3-9(14)13-10-8(7-12)4-6-15-10/h4,6H,1-3,5H2,(H,13,14). The van der Waals surface area contributed by atoms with Crippen molar-refractivity contribution in [3.63, 3.8) is 0 Å². The molecule has 1 amide bonds. The first-order valence-corrected chi connectivity index (χ1v) is 6.02. The second-order valence-electron chi connectivity index (χ2n) is 2.97. The van der Waals surface area contributed by atoms with E-state index in [0.29, 0.717) is 22.9 Å². The molecule has 5 heteroatoms. The van der Waals surface area contributed by atoms with E-state index in [-0.39, 0.29) is 5.91 Å². The van der Waals surface area contributed by atoms with Crippen LogP contribution in [-0.4, -0.2) is 11.8 Å². The number of anilines is 1. The molecule has 0 spiro atoms. The number of hydrogen-bond donors (Lipinski definition) is 1. The van der Waals surface area contributed by atoms with Gasteiger partial charge in [0.2, 0.25) is 5.91 Å². The number of hydrogen-bond acceptors (Lipinski definition) is 3. The number of nitriles is 1. The van der Waals surface area contributed by atoms with Crippen molar-refractivity contribution in [3.8, 4) is 6.07 Å². The van der Waals surface area contributed by atoms with Crippen molar-refractivity contribution in [2.75, 3.05) is 11.2 Å². The minimum atomic E-state index is -0.0564. The van der Waals surface area contributed by atoms with Crippen LogP contribution in [0.5, 0.6) is 0 Å². The number of thiophene rings is 1. The highest BCUT2D eigenvalue weighted by Crippen LogP contribution is 2.22. The van der Waals surface area contributed by atoms with Gasteiger partial charge in [0, 0.05) is 12.3 Å². The van der Waals surface area contributed by atoms with Crippen LogP contribution in [0.25, 0.3) is 0 Å². The van der Waals surface area contributed by atoms with Gasteiger partial charge in [-0.25, -0.2) is 0 Å². The summed E-state index contributed by atoms with van der Waals surface area (Å²) in [6.07, 6.45) is 2.07. The van der Waals surface area contributed by atoms with Gasteiger partial charge in [-0.3, -0.25) is 4.79 Å². The Morgan fingerprint density at radius 2 is 2.40 bits per heavy atom. The van der Waals surface area contributed by atoms with Gasteiger partial charge in [0.25, 0.3) is 0 Å². The number of carbonyl (C=O) groups excluding carboxylic acids is 1. The van der Waals surface area contributed by atoms with Crippen molar-refractivity contribution in [2.24, 2.45) is 0 Å². The maximum atomic E-state index is 11.4. The summed E-state index contributed by atoms with van der Waals surface area (Å²) >= 11 is 6.86. The van der Waals surface area contributed by atoms with Gasteiger partial charge in [0.15, 0.2) is 0 Å². The Kier molecular flexibility index (Phi) is 5.16. The Bertz CT molecular complexity index is 370. The fourth-order valence-electron chi connectivity index (χ4n) is 1.06. The molecule has 0 aliphatic rings. The molecule has 0 saturated carbocycles. The molecular formula is C10H11ClN2OS. The Morgan fingerprint density at radius 3 is 3.07 bits per heavy atom. The van der Waals surface area contributed by atoms with Crippen LogP contribution in [0.2, 0.25) is 0 Å². The molecule has 0 unspecified atom stereocenters. The Balaban J connectivity index is 2.42. The van der Waals surface area contributed by atoms with E-state index in [9.17, 15) is 4.79 Å². The zero-order chi connectivity index (χ0) is 11.1. The summed E-state index contributed by atoms with van der Waals surface area (Å²) < 4.78 is 0. The topological polar surface area (TPSA) is 52.9 Å². The van der Waals surface area contributed by atoms with Crippen LogP contribution in [0.15, 0.2) is 11.4 Å². The molecule has 0 aromatic carbocycles. The van der Waals surface area contributed by atoms with Gasteiger partial charge >= 0.3 is 0 Å². The first kappa shape index (κ1) is 12.0. The van der Waals surface area contributed by atoms with Crippen molar-refractivity contribution >= 4 is 33.8 Å². The molecule has 0 atom stereocenters. The maximum Gasteiger partial charge on any atom is 0.225 e. The van der Waals surface area contributed by atoms with Crippen molar-refractivity contribution in [3.05, 3.63) is 17.0 Å². The zero-order valence-electron chi connectivity index (χ0n) is 8.12. The molecule has 0 fully saturated rings. The number of nitrogens with zero attached hydrogens (tertiary/aromatic N) is 1. The normalized spacial score (nSPS) is 9.60. The lowest BCUT2D eigenvalue weighted by molar-refractivity contribution is -0.116. The number of amides is 1. The zero-order valence-corrected chi connectivity index (χ0v) is 9.70. The third-order valence-corrected chi connectivity index (χ3v) is 2.92. The highest BCUT2D eigenvalue weighted by atomic mass is 35.5. The summed E-state index contributed by atoms with van der Waals surface area (Å²) in [6, 6.07) is 3.72. The molecule has 1 heterocycles. The second kappa shape index (κ2) is 6.44. The third kappa shape index (κ3) is 3.90. The van der Waals surface area contributed by atoms with Gasteiger partial charge in [0.05, 0.1) is 5.56 Å². The van der Waals surface area contributed by atoms with Gasteiger partial charge in [-0.2, -0.15) is 5.26 Å². The smallest absolute Gasteiger partial charge is 0.225 e.